The zero-order valence-electron chi connectivity index (χ0n) is 9.74. The molecule has 1 rings (SSSR count). The summed E-state index contributed by atoms with van der Waals surface area (Å²) >= 11 is 0. The number of aliphatic carboxylic acids is 1. The van der Waals surface area contributed by atoms with Crippen molar-refractivity contribution in [2.45, 2.75) is 38.6 Å². The monoisotopic (exact) mass is 228 g/mol. The number of hydrogen-bond acceptors (Lipinski definition) is 3. The zero-order valence-corrected chi connectivity index (χ0v) is 9.74. The smallest absolute Gasteiger partial charge is 0.305 e. The first kappa shape index (κ1) is 13.0. The van der Waals surface area contributed by atoms with Crippen LogP contribution in [0.4, 0.5) is 0 Å². The molecule has 1 amide bonds. The summed E-state index contributed by atoms with van der Waals surface area (Å²) in [7, 11) is 0. The summed E-state index contributed by atoms with van der Waals surface area (Å²) in [6.45, 7) is 4.32. The average Bonchev–Trinajstić information content (AvgIpc) is 2.23. The van der Waals surface area contributed by atoms with Crippen molar-refractivity contribution < 1.29 is 14.7 Å². The Morgan fingerprint density at radius 1 is 1.56 bits per heavy atom. The van der Waals surface area contributed by atoms with Gasteiger partial charge in [0, 0.05) is 13.1 Å². The van der Waals surface area contributed by atoms with E-state index in [4.69, 9.17) is 5.11 Å². The maximum Gasteiger partial charge on any atom is 0.305 e. The van der Waals surface area contributed by atoms with Crippen molar-refractivity contribution in [3.63, 3.8) is 0 Å². The molecule has 0 saturated carbocycles. The van der Waals surface area contributed by atoms with Crippen molar-refractivity contribution in [2.24, 2.45) is 0 Å². The van der Waals surface area contributed by atoms with Gasteiger partial charge in [-0.25, -0.2) is 0 Å². The number of unbranched alkanes of at least 4 members (excludes halogenated alkanes) is 2. The Morgan fingerprint density at radius 2 is 2.31 bits per heavy atom. The number of carbonyl (C=O) groups excluding carboxylic acids is 1. The van der Waals surface area contributed by atoms with Gasteiger partial charge in [-0.3, -0.25) is 14.5 Å². The number of rotatable bonds is 6. The van der Waals surface area contributed by atoms with Gasteiger partial charge >= 0.3 is 5.97 Å². The molecule has 92 valence electrons. The fraction of sp³-hybridized carbons (Fsp3) is 0.818. The molecule has 16 heavy (non-hydrogen) atoms. The van der Waals surface area contributed by atoms with Gasteiger partial charge in [0.2, 0.25) is 5.91 Å². The van der Waals surface area contributed by atoms with Crippen LogP contribution in [0.3, 0.4) is 0 Å². The molecule has 2 N–H and O–H groups in total. The highest BCUT2D eigenvalue weighted by Crippen LogP contribution is 2.10. The van der Waals surface area contributed by atoms with Crippen LogP contribution in [0.5, 0.6) is 0 Å². The summed E-state index contributed by atoms with van der Waals surface area (Å²) in [5.74, 6) is -1.06. The standard InChI is InChI=1S/C11H20N2O3/c1-2-3-4-6-13-7-5-12-11(16)9(13)8-10(14)15/h9H,2-8H2,1H3,(H,12,16)(H,14,15). The molecule has 0 aromatic carbocycles. The van der Waals surface area contributed by atoms with Crippen molar-refractivity contribution in [1.82, 2.24) is 10.2 Å². The maximum atomic E-state index is 11.6. The molecule has 1 unspecified atom stereocenters. The van der Waals surface area contributed by atoms with Gasteiger partial charge in [0.25, 0.3) is 0 Å². The highest BCUT2D eigenvalue weighted by Gasteiger charge is 2.30. The first-order valence-electron chi connectivity index (χ1n) is 5.88. The van der Waals surface area contributed by atoms with E-state index in [9.17, 15) is 9.59 Å². The lowest BCUT2D eigenvalue weighted by Crippen LogP contribution is -2.56. The van der Waals surface area contributed by atoms with Gasteiger partial charge in [-0.2, -0.15) is 0 Å². The number of carboxylic acids is 1. The van der Waals surface area contributed by atoms with Gasteiger partial charge in [0.1, 0.15) is 0 Å². The highest BCUT2D eigenvalue weighted by molar-refractivity contribution is 5.86. The molecular formula is C11H20N2O3. The van der Waals surface area contributed by atoms with E-state index < -0.39 is 12.0 Å². The van der Waals surface area contributed by atoms with Crippen LogP contribution in [-0.4, -0.2) is 47.6 Å². The van der Waals surface area contributed by atoms with E-state index in [0.29, 0.717) is 6.54 Å². The van der Waals surface area contributed by atoms with Crippen LogP contribution in [0.2, 0.25) is 0 Å². The molecule has 0 bridgehead atoms. The fourth-order valence-electron chi connectivity index (χ4n) is 1.98. The minimum absolute atomic E-state index is 0.0992. The lowest BCUT2D eigenvalue weighted by molar-refractivity contribution is -0.143. The predicted molar refractivity (Wildman–Crippen MR) is 60.1 cm³/mol. The van der Waals surface area contributed by atoms with Gasteiger partial charge in [0.15, 0.2) is 0 Å². The van der Waals surface area contributed by atoms with Crippen LogP contribution < -0.4 is 5.32 Å². The highest BCUT2D eigenvalue weighted by atomic mass is 16.4. The van der Waals surface area contributed by atoms with E-state index in [1.54, 1.807) is 0 Å². The number of nitrogens with one attached hydrogen (secondary N) is 1. The summed E-state index contributed by atoms with van der Waals surface area (Å²) < 4.78 is 0. The first-order chi connectivity index (χ1) is 7.65. The van der Waals surface area contributed by atoms with E-state index in [-0.39, 0.29) is 12.3 Å². The van der Waals surface area contributed by atoms with Crippen LogP contribution in [-0.2, 0) is 9.59 Å². The van der Waals surface area contributed by atoms with Gasteiger partial charge in [-0.1, -0.05) is 19.8 Å². The summed E-state index contributed by atoms with van der Waals surface area (Å²) in [6, 6.07) is -0.483. The minimum atomic E-state index is -0.914. The van der Waals surface area contributed by atoms with Crippen molar-refractivity contribution >= 4 is 11.9 Å². The number of piperazine rings is 1. The lowest BCUT2D eigenvalue weighted by atomic mass is 10.1. The van der Waals surface area contributed by atoms with E-state index >= 15 is 0 Å². The third-order valence-corrected chi connectivity index (χ3v) is 2.86. The molecule has 1 aliphatic heterocycles. The summed E-state index contributed by atoms with van der Waals surface area (Å²) in [6.07, 6.45) is 3.18. The van der Waals surface area contributed by atoms with Crippen LogP contribution >= 0.6 is 0 Å². The molecule has 0 aliphatic carbocycles. The number of carbonyl (C=O) groups is 2. The quantitative estimate of drug-likeness (QED) is 0.648. The Bertz CT molecular complexity index is 256. The van der Waals surface area contributed by atoms with Gasteiger partial charge in [-0.15, -0.1) is 0 Å². The Hall–Kier alpha value is -1.10. The summed E-state index contributed by atoms with van der Waals surface area (Å²) in [4.78, 5) is 24.2. The molecule has 1 aliphatic rings. The average molecular weight is 228 g/mol. The summed E-state index contributed by atoms with van der Waals surface area (Å²) in [5, 5.41) is 11.5. The van der Waals surface area contributed by atoms with Gasteiger partial charge < -0.3 is 10.4 Å². The molecular weight excluding hydrogens is 208 g/mol. The number of nitrogens with zero attached hydrogens (tertiary/aromatic N) is 1. The number of amides is 1. The molecule has 0 aromatic heterocycles. The van der Waals surface area contributed by atoms with E-state index in [1.165, 1.54) is 0 Å². The maximum absolute atomic E-state index is 11.6. The third kappa shape index (κ3) is 3.81. The van der Waals surface area contributed by atoms with Crippen LogP contribution in [0.25, 0.3) is 0 Å². The Labute approximate surface area is 95.8 Å². The third-order valence-electron chi connectivity index (χ3n) is 2.86. The Balaban J connectivity index is 2.49. The topological polar surface area (TPSA) is 69.6 Å². The SMILES string of the molecule is CCCCCN1CCNC(=O)C1CC(=O)O. The second-order valence-corrected chi connectivity index (χ2v) is 4.15. The lowest BCUT2D eigenvalue weighted by Gasteiger charge is -2.34. The molecule has 0 spiro atoms. The predicted octanol–water partition coefficient (Wildman–Crippen LogP) is 0.452. The molecule has 0 radical (unpaired) electrons. The molecule has 5 heteroatoms. The van der Waals surface area contributed by atoms with Crippen molar-refractivity contribution in [1.29, 1.82) is 0 Å². The summed E-state index contributed by atoms with van der Waals surface area (Å²) in [5.41, 5.74) is 0. The Morgan fingerprint density at radius 3 is 2.94 bits per heavy atom. The second-order valence-electron chi connectivity index (χ2n) is 4.15. The van der Waals surface area contributed by atoms with Crippen molar-refractivity contribution in [3.8, 4) is 0 Å². The molecule has 1 saturated heterocycles. The van der Waals surface area contributed by atoms with Crippen LogP contribution in [0.1, 0.15) is 32.6 Å². The second kappa shape index (κ2) is 6.48. The fourth-order valence-corrected chi connectivity index (χ4v) is 1.98. The van der Waals surface area contributed by atoms with Crippen LogP contribution in [0.15, 0.2) is 0 Å². The molecule has 1 fully saturated rings. The number of carboxylic acid groups (broad SMARTS) is 1. The molecule has 1 heterocycles. The number of hydrogen-bond donors (Lipinski definition) is 2. The van der Waals surface area contributed by atoms with E-state index in [2.05, 4.69) is 12.2 Å². The van der Waals surface area contributed by atoms with E-state index in [0.717, 1.165) is 32.4 Å². The first-order valence-corrected chi connectivity index (χ1v) is 5.88. The molecule has 1 atom stereocenters. The van der Waals surface area contributed by atoms with Crippen LogP contribution in [0, 0.1) is 0 Å². The van der Waals surface area contributed by atoms with E-state index in [1.807, 2.05) is 4.90 Å². The van der Waals surface area contributed by atoms with Crippen molar-refractivity contribution in [2.75, 3.05) is 19.6 Å². The normalized spacial score (nSPS) is 21.8. The zero-order chi connectivity index (χ0) is 12.0. The van der Waals surface area contributed by atoms with Gasteiger partial charge in [0.05, 0.1) is 12.5 Å². The van der Waals surface area contributed by atoms with Gasteiger partial charge in [-0.05, 0) is 13.0 Å². The Kier molecular flexibility index (Phi) is 5.25. The minimum Gasteiger partial charge on any atom is -0.481 e. The molecule has 0 aromatic rings. The van der Waals surface area contributed by atoms with Crippen molar-refractivity contribution in [3.05, 3.63) is 0 Å². The largest absolute Gasteiger partial charge is 0.481 e. The molecule has 5 nitrogen and oxygen atoms in total.